The molecule has 0 aliphatic carbocycles. The summed E-state index contributed by atoms with van der Waals surface area (Å²) in [5, 5.41) is 13.7. The number of amides is 1. The Kier molecular flexibility index (Phi) is 5.03. The van der Waals surface area contributed by atoms with Crippen LogP contribution in [0.5, 0.6) is 5.75 Å². The van der Waals surface area contributed by atoms with Gasteiger partial charge in [0.25, 0.3) is 5.91 Å². The van der Waals surface area contributed by atoms with Crippen molar-refractivity contribution in [1.29, 1.82) is 0 Å². The van der Waals surface area contributed by atoms with Crippen molar-refractivity contribution in [1.82, 2.24) is 20.2 Å². The lowest BCUT2D eigenvalue weighted by Gasteiger charge is -2.16. The molecule has 1 aromatic heterocycles. The second kappa shape index (κ2) is 7.39. The Bertz CT molecular complexity index is 888. The third kappa shape index (κ3) is 4.18. The van der Waals surface area contributed by atoms with Gasteiger partial charge >= 0.3 is 0 Å². The van der Waals surface area contributed by atoms with Gasteiger partial charge in [0.1, 0.15) is 17.9 Å². The van der Waals surface area contributed by atoms with E-state index in [2.05, 4.69) is 36.8 Å². The number of ether oxygens (including phenoxy) is 1. The Morgan fingerprint density at radius 2 is 2.16 bits per heavy atom. The molecule has 9 heteroatoms. The van der Waals surface area contributed by atoms with Crippen LogP contribution in [0.4, 0.5) is 10.1 Å². The van der Waals surface area contributed by atoms with Crippen molar-refractivity contribution < 1.29 is 13.9 Å². The molecule has 1 unspecified atom stereocenters. The number of tetrazole rings is 1. The number of hydrogen-bond donors (Lipinski definition) is 1. The van der Waals surface area contributed by atoms with Crippen LogP contribution in [0.1, 0.15) is 6.92 Å². The fourth-order valence-electron chi connectivity index (χ4n) is 2.06. The molecule has 0 saturated heterocycles. The topological polar surface area (TPSA) is 81.9 Å². The SMILES string of the molecule is CC(Oc1ccc(F)cc1Br)C(=O)Nc1cccc(-n2cnnn2)c1. The number of benzene rings is 2. The third-order valence-electron chi connectivity index (χ3n) is 3.29. The summed E-state index contributed by atoms with van der Waals surface area (Å²) in [6.45, 7) is 1.61. The maximum Gasteiger partial charge on any atom is 0.265 e. The Hall–Kier alpha value is -2.81. The van der Waals surface area contributed by atoms with Gasteiger partial charge in [-0.2, -0.15) is 0 Å². The van der Waals surface area contributed by atoms with Crippen molar-refractivity contribution in [3.8, 4) is 11.4 Å². The molecular formula is C16H13BrFN5O2. The number of nitrogens with one attached hydrogen (secondary N) is 1. The Morgan fingerprint density at radius 3 is 2.88 bits per heavy atom. The first kappa shape index (κ1) is 17.0. The molecule has 1 atom stereocenters. The molecule has 128 valence electrons. The summed E-state index contributed by atoms with van der Waals surface area (Å²) in [5.41, 5.74) is 1.28. The van der Waals surface area contributed by atoms with Gasteiger partial charge in [0, 0.05) is 5.69 Å². The van der Waals surface area contributed by atoms with E-state index in [0.717, 1.165) is 0 Å². The molecule has 0 aliphatic rings. The van der Waals surface area contributed by atoms with Gasteiger partial charge in [-0.15, -0.1) is 5.10 Å². The van der Waals surface area contributed by atoms with Crippen LogP contribution in [0, 0.1) is 5.82 Å². The van der Waals surface area contributed by atoms with Crippen molar-refractivity contribution in [3.05, 3.63) is 59.1 Å². The highest BCUT2D eigenvalue weighted by Gasteiger charge is 2.17. The van der Waals surface area contributed by atoms with E-state index in [4.69, 9.17) is 4.74 Å². The molecule has 1 N–H and O–H groups in total. The van der Waals surface area contributed by atoms with Gasteiger partial charge in [0.05, 0.1) is 10.2 Å². The van der Waals surface area contributed by atoms with Gasteiger partial charge in [-0.05, 0) is 69.7 Å². The predicted molar refractivity (Wildman–Crippen MR) is 92.0 cm³/mol. The molecule has 1 amide bonds. The van der Waals surface area contributed by atoms with E-state index in [0.29, 0.717) is 21.6 Å². The van der Waals surface area contributed by atoms with E-state index in [1.807, 2.05) is 6.07 Å². The maximum atomic E-state index is 13.1. The number of aromatic nitrogens is 4. The van der Waals surface area contributed by atoms with Crippen LogP contribution in [0.3, 0.4) is 0 Å². The zero-order valence-corrected chi connectivity index (χ0v) is 14.6. The van der Waals surface area contributed by atoms with E-state index in [9.17, 15) is 9.18 Å². The van der Waals surface area contributed by atoms with Crippen molar-refractivity contribution in [2.24, 2.45) is 0 Å². The van der Waals surface area contributed by atoms with E-state index >= 15 is 0 Å². The van der Waals surface area contributed by atoms with E-state index in [1.165, 1.54) is 29.2 Å². The minimum atomic E-state index is -0.779. The molecule has 0 spiro atoms. The number of anilines is 1. The lowest BCUT2D eigenvalue weighted by atomic mass is 10.2. The number of rotatable bonds is 5. The van der Waals surface area contributed by atoms with Crippen LogP contribution in [0.15, 0.2) is 53.3 Å². The minimum Gasteiger partial charge on any atom is -0.480 e. The Balaban J connectivity index is 1.68. The van der Waals surface area contributed by atoms with Crippen LogP contribution >= 0.6 is 15.9 Å². The average molecular weight is 406 g/mol. The summed E-state index contributed by atoms with van der Waals surface area (Å²) >= 11 is 3.20. The molecule has 1 heterocycles. The quantitative estimate of drug-likeness (QED) is 0.705. The molecule has 3 aromatic rings. The highest BCUT2D eigenvalue weighted by Crippen LogP contribution is 2.26. The van der Waals surface area contributed by atoms with Crippen LogP contribution in [-0.2, 0) is 4.79 Å². The molecule has 7 nitrogen and oxygen atoms in total. The first-order chi connectivity index (χ1) is 12.0. The fraction of sp³-hybridized carbons (Fsp3) is 0.125. The molecule has 0 bridgehead atoms. The molecular weight excluding hydrogens is 393 g/mol. The van der Waals surface area contributed by atoms with Crippen molar-refractivity contribution in [2.75, 3.05) is 5.32 Å². The van der Waals surface area contributed by atoms with Crippen molar-refractivity contribution in [2.45, 2.75) is 13.0 Å². The third-order valence-corrected chi connectivity index (χ3v) is 3.91. The predicted octanol–water partition coefficient (Wildman–Crippen LogP) is 2.97. The van der Waals surface area contributed by atoms with Gasteiger partial charge in [0.15, 0.2) is 6.10 Å². The van der Waals surface area contributed by atoms with Gasteiger partial charge in [-0.3, -0.25) is 4.79 Å². The lowest BCUT2D eigenvalue weighted by molar-refractivity contribution is -0.122. The average Bonchev–Trinajstić information content (AvgIpc) is 3.12. The molecule has 0 saturated carbocycles. The summed E-state index contributed by atoms with van der Waals surface area (Å²) in [5.74, 6) is -0.354. The van der Waals surface area contributed by atoms with Crippen molar-refractivity contribution in [3.63, 3.8) is 0 Å². The highest BCUT2D eigenvalue weighted by atomic mass is 79.9. The second-order valence-electron chi connectivity index (χ2n) is 5.13. The molecule has 0 aliphatic heterocycles. The van der Waals surface area contributed by atoms with Gasteiger partial charge in [0.2, 0.25) is 0 Å². The maximum absolute atomic E-state index is 13.1. The van der Waals surface area contributed by atoms with Crippen LogP contribution in [0.2, 0.25) is 0 Å². The summed E-state index contributed by atoms with van der Waals surface area (Å²) < 4.78 is 20.6. The number of hydrogen-bond acceptors (Lipinski definition) is 5. The van der Waals surface area contributed by atoms with E-state index in [-0.39, 0.29) is 5.91 Å². The standard InChI is InChI=1S/C16H13BrFN5O2/c1-10(25-15-6-5-11(18)7-14(15)17)16(24)20-12-3-2-4-13(8-12)23-9-19-21-22-23/h2-10H,1H3,(H,20,24). The van der Waals surface area contributed by atoms with E-state index < -0.39 is 11.9 Å². The van der Waals surface area contributed by atoms with Crippen molar-refractivity contribution >= 4 is 27.5 Å². The largest absolute Gasteiger partial charge is 0.480 e. The number of carbonyl (C=O) groups excluding carboxylic acids is 1. The minimum absolute atomic E-state index is 0.343. The summed E-state index contributed by atoms with van der Waals surface area (Å²) in [6.07, 6.45) is 0.678. The highest BCUT2D eigenvalue weighted by molar-refractivity contribution is 9.10. The zero-order chi connectivity index (χ0) is 17.8. The summed E-state index contributed by atoms with van der Waals surface area (Å²) in [6, 6.07) is 11.1. The van der Waals surface area contributed by atoms with Gasteiger partial charge < -0.3 is 10.1 Å². The molecule has 25 heavy (non-hydrogen) atoms. The first-order valence-electron chi connectivity index (χ1n) is 7.29. The number of nitrogens with zero attached hydrogens (tertiary/aromatic N) is 4. The Labute approximate surface area is 150 Å². The first-order valence-corrected chi connectivity index (χ1v) is 8.08. The fourth-order valence-corrected chi connectivity index (χ4v) is 2.51. The van der Waals surface area contributed by atoms with Crippen LogP contribution in [0.25, 0.3) is 5.69 Å². The second-order valence-corrected chi connectivity index (χ2v) is 5.98. The summed E-state index contributed by atoms with van der Waals surface area (Å²) in [7, 11) is 0. The van der Waals surface area contributed by atoms with Gasteiger partial charge in [-0.1, -0.05) is 6.07 Å². The van der Waals surface area contributed by atoms with Gasteiger partial charge in [-0.25, -0.2) is 9.07 Å². The zero-order valence-electron chi connectivity index (χ0n) is 13.1. The molecule has 3 rings (SSSR count). The summed E-state index contributed by atoms with van der Waals surface area (Å²) in [4.78, 5) is 12.3. The molecule has 0 fully saturated rings. The Morgan fingerprint density at radius 1 is 1.32 bits per heavy atom. The molecule has 0 radical (unpaired) electrons. The van der Waals surface area contributed by atoms with Crippen LogP contribution < -0.4 is 10.1 Å². The monoisotopic (exact) mass is 405 g/mol. The van der Waals surface area contributed by atoms with E-state index in [1.54, 1.807) is 25.1 Å². The smallest absolute Gasteiger partial charge is 0.265 e. The number of carbonyl (C=O) groups is 1. The van der Waals surface area contributed by atoms with Crippen LogP contribution in [-0.4, -0.2) is 32.2 Å². The molecule has 2 aromatic carbocycles. The lowest BCUT2D eigenvalue weighted by Crippen LogP contribution is -2.30. The number of halogens is 2. The normalized spacial score (nSPS) is 11.8.